The van der Waals surface area contributed by atoms with Gasteiger partial charge in [-0.25, -0.2) is 9.67 Å². The van der Waals surface area contributed by atoms with Crippen LogP contribution < -0.4 is 14.8 Å². The topological polar surface area (TPSA) is 95.6 Å². The van der Waals surface area contributed by atoms with Crippen LogP contribution in [0.5, 0.6) is 11.5 Å². The summed E-state index contributed by atoms with van der Waals surface area (Å²) >= 11 is 1.55. The number of para-hydroxylation sites is 1. The van der Waals surface area contributed by atoms with Gasteiger partial charge in [0.05, 0.1) is 43.7 Å². The predicted octanol–water partition coefficient (Wildman–Crippen LogP) is 3.14. The van der Waals surface area contributed by atoms with Gasteiger partial charge in [-0.3, -0.25) is 9.20 Å². The number of aromatic nitrogens is 5. The summed E-state index contributed by atoms with van der Waals surface area (Å²) in [6.45, 7) is 0.755. The molecule has 162 valence electrons. The maximum absolute atomic E-state index is 12.6. The van der Waals surface area contributed by atoms with Gasteiger partial charge in [-0.05, 0) is 29.8 Å². The van der Waals surface area contributed by atoms with Crippen LogP contribution in [0.15, 0.2) is 54.9 Å². The molecule has 0 atom stereocenters. The third-order valence-corrected chi connectivity index (χ3v) is 6.04. The summed E-state index contributed by atoms with van der Waals surface area (Å²) in [6, 6.07) is 13.7. The second-order valence-corrected chi connectivity index (χ2v) is 8.17. The van der Waals surface area contributed by atoms with Gasteiger partial charge in [0, 0.05) is 12.3 Å². The highest BCUT2D eigenvalue weighted by Gasteiger charge is 2.14. The molecule has 0 aliphatic rings. The lowest BCUT2D eigenvalue weighted by atomic mass is 10.2. The minimum absolute atomic E-state index is 0.253. The Balaban J connectivity index is 1.25. The van der Waals surface area contributed by atoms with Crippen LogP contribution in [0.3, 0.4) is 0 Å². The zero-order valence-electron chi connectivity index (χ0n) is 17.5. The Labute approximate surface area is 187 Å². The normalized spacial score (nSPS) is 11.2. The van der Waals surface area contributed by atoms with Crippen molar-refractivity contribution in [2.75, 3.05) is 14.2 Å². The fraction of sp³-hybridized carbons (Fsp3) is 0.182. The van der Waals surface area contributed by atoms with Gasteiger partial charge in [0.25, 0.3) is 5.91 Å². The van der Waals surface area contributed by atoms with E-state index in [9.17, 15) is 4.79 Å². The third-order valence-electron chi connectivity index (χ3n) is 5.00. The molecule has 3 heterocycles. The van der Waals surface area contributed by atoms with Gasteiger partial charge in [0.15, 0.2) is 4.96 Å². The molecular formula is C22H20N6O3S. The third kappa shape index (κ3) is 3.87. The second kappa shape index (κ2) is 8.31. The monoisotopic (exact) mass is 448 g/mol. The van der Waals surface area contributed by atoms with E-state index >= 15 is 0 Å². The van der Waals surface area contributed by atoms with Gasteiger partial charge in [0.2, 0.25) is 0 Å². The van der Waals surface area contributed by atoms with Crippen molar-refractivity contribution in [1.29, 1.82) is 0 Å². The van der Waals surface area contributed by atoms with E-state index in [1.807, 2.05) is 46.9 Å². The minimum Gasteiger partial charge on any atom is -0.497 e. The molecule has 0 aliphatic heterocycles. The van der Waals surface area contributed by atoms with Crippen molar-refractivity contribution >= 4 is 32.4 Å². The fourth-order valence-electron chi connectivity index (χ4n) is 3.46. The highest BCUT2D eigenvalue weighted by atomic mass is 32.1. The van der Waals surface area contributed by atoms with Crippen LogP contribution in [0.4, 0.5) is 0 Å². The number of imidazole rings is 1. The number of benzene rings is 2. The molecule has 0 fully saturated rings. The van der Waals surface area contributed by atoms with Crippen LogP contribution in [-0.2, 0) is 13.1 Å². The molecule has 32 heavy (non-hydrogen) atoms. The average Bonchev–Trinajstić information content (AvgIpc) is 3.52. The lowest BCUT2D eigenvalue weighted by molar-refractivity contribution is 0.0946. The Bertz CT molecular complexity index is 1400. The number of carbonyl (C=O) groups is 1. The molecule has 0 bridgehead atoms. The number of rotatable bonds is 7. The molecule has 5 aromatic rings. The van der Waals surface area contributed by atoms with Crippen LogP contribution >= 0.6 is 11.3 Å². The summed E-state index contributed by atoms with van der Waals surface area (Å²) in [5.41, 5.74) is 3.03. The average molecular weight is 449 g/mol. The first-order chi connectivity index (χ1) is 15.6. The Kier molecular flexibility index (Phi) is 5.20. The van der Waals surface area contributed by atoms with E-state index in [2.05, 4.69) is 20.6 Å². The first kappa shape index (κ1) is 20.0. The Morgan fingerprint density at radius 3 is 2.66 bits per heavy atom. The minimum atomic E-state index is -0.253. The zero-order valence-corrected chi connectivity index (χ0v) is 18.3. The number of nitrogens with zero attached hydrogens (tertiary/aromatic N) is 5. The van der Waals surface area contributed by atoms with Crippen LogP contribution in [-0.4, -0.2) is 44.5 Å². The van der Waals surface area contributed by atoms with Gasteiger partial charge in [-0.1, -0.05) is 28.7 Å². The van der Waals surface area contributed by atoms with E-state index in [0.29, 0.717) is 29.4 Å². The van der Waals surface area contributed by atoms with Crippen molar-refractivity contribution in [3.8, 4) is 11.5 Å². The molecule has 1 amide bonds. The first-order valence-electron chi connectivity index (χ1n) is 9.89. The molecular weight excluding hydrogens is 428 g/mol. The van der Waals surface area contributed by atoms with Gasteiger partial charge >= 0.3 is 0 Å². The highest BCUT2D eigenvalue weighted by molar-refractivity contribution is 7.23. The van der Waals surface area contributed by atoms with Gasteiger partial charge in [-0.15, -0.1) is 5.10 Å². The smallest absolute Gasteiger partial charge is 0.271 e. The van der Waals surface area contributed by atoms with Gasteiger partial charge in [-0.2, -0.15) is 0 Å². The number of fused-ring (bicyclic) bond motifs is 3. The summed E-state index contributed by atoms with van der Waals surface area (Å²) in [5, 5.41) is 11.2. The van der Waals surface area contributed by atoms with Crippen molar-refractivity contribution in [1.82, 2.24) is 29.7 Å². The number of methoxy groups -OCH3 is 2. The van der Waals surface area contributed by atoms with E-state index in [1.165, 1.54) is 0 Å². The molecule has 0 aliphatic carbocycles. The van der Waals surface area contributed by atoms with Crippen LogP contribution in [0.2, 0.25) is 0 Å². The van der Waals surface area contributed by atoms with E-state index in [1.54, 1.807) is 42.6 Å². The second-order valence-electron chi connectivity index (χ2n) is 7.16. The van der Waals surface area contributed by atoms with Crippen molar-refractivity contribution in [3.63, 3.8) is 0 Å². The highest BCUT2D eigenvalue weighted by Crippen LogP contribution is 2.26. The molecule has 5 rings (SSSR count). The van der Waals surface area contributed by atoms with Gasteiger partial charge < -0.3 is 14.8 Å². The van der Waals surface area contributed by atoms with Crippen molar-refractivity contribution in [3.05, 3.63) is 71.8 Å². The molecule has 9 nitrogen and oxygen atoms in total. The lowest BCUT2D eigenvalue weighted by Gasteiger charge is -2.08. The molecule has 0 saturated heterocycles. The molecule has 0 unspecified atom stereocenters. The van der Waals surface area contributed by atoms with Crippen LogP contribution in [0.25, 0.3) is 15.2 Å². The lowest BCUT2D eigenvalue weighted by Crippen LogP contribution is -2.23. The summed E-state index contributed by atoms with van der Waals surface area (Å²) in [4.78, 5) is 17.8. The maximum atomic E-state index is 12.6. The van der Waals surface area contributed by atoms with E-state index in [-0.39, 0.29) is 12.5 Å². The number of amides is 1. The molecule has 10 heteroatoms. The molecule has 0 spiro atoms. The molecule has 2 aromatic carbocycles. The first-order valence-corrected chi connectivity index (χ1v) is 10.7. The van der Waals surface area contributed by atoms with Gasteiger partial charge in [0.1, 0.15) is 22.9 Å². The Morgan fingerprint density at radius 2 is 1.88 bits per heavy atom. The van der Waals surface area contributed by atoms with Crippen LogP contribution in [0, 0.1) is 0 Å². The number of ether oxygens (including phenoxy) is 2. The number of hydrogen-bond donors (Lipinski definition) is 1. The summed E-state index contributed by atoms with van der Waals surface area (Å²) in [7, 11) is 3.22. The van der Waals surface area contributed by atoms with E-state index in [4.69, 9.17) is 9.47 Å². The molecule has 1 N–H and O–H groups in total. The van der Waals surface area contributed by atoms with Crippen molar-refractivity contribution in [2.45, 2.75) is 13.1 Å². The summed E-state index contributed by atoms with van der Waals surface area (Å²) in [6.07, 6.45) is 3.56. The summed E-state index contributed by atoms with van der Waals surface area (Å²) < 4.78 is 15.4. The quantitative estimate of drug-likeness (QED) is 0.411. The molecule has 0 radical (unpaired) electrons. The van der Waals surface area contributed by atoms with Crippen molar-refractivity contribution < 1.29 is 14.3 Å². The van der Waals surface area contributed by atoms with Crippen molar-refractivity contribution in [2.24, 2.45) is 0 Å². The summed E-state index contributed by atoms with van der Waals surface area (Å²) in [5.74, 6) is 1.16. The number of thiazole rings is 1. The standard InChI is InChI=1S/C22H20N6O3S/c1-30-16-7-14(8-17(9-16)31-2)11-27-12-15(25-26-27)10-23-21(29)18-13-28-19-5-3-4-6-20(19)32-22(28)24-18/h3-9,12-13H,10-11H2,1-2H3,(H,23,29). The Morgan fingerprint density at radius 1 is 1.09 bits per heavy atom. The Hall–Kier alpha value is -3.92. The van der Waals surface area contributed by atoms with E-state index in [0.717, 1.165) is 20.7 Å². The predicted molar refractivity (Wildman–Crippen MR) is 120 cm³/mol. The van der Waals surface area contributed by atoms with E-state index < -0.39 is 0 Å². The molecule has 3 aromatic heterocycles. The molecule has 0 saturated carbocycles. The number of nitrogens with one attached hydrogen (secondary N) is 1. The largest absolute Gasteiger partial charge is 0.497 e. The number of hydrogen-bond acceptors (Lipinski definition) is 7. The van der Waals surface area contributed by atoms with Crippen LogP contribution in [0.1, 0.15) is 21.7 Å². The SMILES string of the molecule is COc1cc(Cn2cc(CNC(=O)c3cn4c(n3)sc3ccccc34)nn2)cc(OC)c1. The zero-order chi connectivity index (χ0) is 22.1. The number of carbonyl (C=O) groups excluding carboxylic acids is 1. The fourth-order valence-corrected chi connectivity index (χ4v) is 4.47. The maximum Gasteiger partial charge on any atom is 0.271 e.